The number of hydrogen-bond acceptors (Lipinski definition) is 4. The average molecular weight is 316 g/mol. The third kappa shape index (κ3) is 4.20. The lowest BCUT2D eigenvalue weighted by molar-refractivity contribution is -0.115. The van der Waals surface area contributed by atoms with Crippen LogP contribution in [-0.2, 0) is 11.2 Å². The highest BCUT2D eigenvalue weighted by atomic mass is 19.1. The van der Waals surface area contributed by atoms with Crippen LogP contribution in [0.4, 0.5) is 10.1 Å². The van der Waals surface area contributed by atoms with Gasteiger partial charge in [0.1, 0.15) is 5.82 Å². The molecule has 2 aromatic carbocycles. The minimum absolute atomic E-state index is 0.136. The Morgan fingerprint density at radius 2 is 1.87 bits per heavy atom. The molecule has 2 aromatic rings. The molecule has 3 rings (SSSR count). The summed E-state index contributed by atoms with van der Waals surface area (Å²) in [5.41, 5.74) is 1.69. The van der Waals surface area contributed by atoms with E-state index in [1.807, 2.05) is 0 Å². The summed E-state index contributed by atoms with van der Waals surface area (Å²) in [6.07, 6.45) is 0.734. The van der Waals surface area contributed by atoms with E-state index < -0.39 is 0 Å². The summed E-state index contributed by atoms with van der Waals surface area (Å²) < 4.78 is 23.3. The van der Waals surface area contributed by atoms with E-state index in [1.54, 1.807) is 30.3 Å². The van der Waals surface area contributed by atoms with Crippen molar-refractivity contribution in [3.05, 3.63) is 53.8 Å². The molecule has 0 radical (unpaired) electrons. The van der Waals surface area contributed by atoms with E-state index in [0.717, 1.165) is 12.0 Å². The van der Waals surface area contributed by atoms with E-state index in [2.05, 4.69) is 10.6 Å². The van der Waals surface area contributed by atoms with Gasteiger partial charge in [0.2, 0.25) is 12.7 Å². The van der Waals surface area contributed by atoms with Crippen LogP contribution in [0, 0.1) is 5.82 Å². The Labute approximate surface area is 133 Å². The first-order valence-electron chi connectivity index (χ1n) is 7.35. The predicted octanol–water partition coefficient (Wildman–Crippen LogP) is 2.33. The maximum absolute atomic E-state index is 12.8. The molecule has 1 aliphatic heterocycles. The van der Waals surface area contributed by atoms with E-state index >= 15 is 0 Å². The molecular formula is C17H17FN2O3. The van der Waals surface area contributed by atoms with Gasteiger partial charge in [0.15, 0.2) is 11.5 Å². The molecule has 2 N–H and O–H groups in total. The number of amides is 1. The molecule has 6 heteroatoms. The number of carbonyl (C=O) groups is 1. The van der Waals surface area contributed by atoms with Crippen LogP contribution in [0.1, 0.15) is 5.56 Å². The number of fused-ring (bicyclic) bond motifs is 1. The molecule has 0 spiro atoms. The highest BCUT2D eigenvalue weighted by Gasteiger charge is 2.13. The average Bonchev–Trinajstić information content (AvgIpc) is 3.01. The van der Waals surface area contributed by atoms with Crippen molar-refractivity contribution in [2.75, 3.05) is 25.2 Å². The third-order valence-electron chi connectivity index (χ3n) is 3.45. The van der Waals surface area contributed by atoms with E-state index in [1.165, 1.54) is 12.1 Å². The Morgan fingerprint density at radius 1 is 1.09 bits per heavy atom. The van der Waals surface area contributed by atoms with Crippen molar-refractivity contribution < 1.29 is 18.7 Å². The summed E-state index contributed by atoms with van der Waals surface area (Å²) in [6.45, 7) is 1.05. The van der Waals surface area contributed by atoms with Gasteiger partial charge in [-0.2, -0.15) is 0 Å². The van der Waals surface area contributed by atoms with Gasteiger partial charge in [-0.15, -0.1) is 0 Å². The first-order valence-corrected chi connectivity index (χ1v) is 7.35. The predicted molar refractivity (Wildman–Crippen MR) is 84.2 cm³/mol. The lowest BCUT2D eigenvalue weighted by Crippen LogP contribution is -2.29. The maximum atomic E-state index is 12.8. The van der Waals surface area contributed by atoms with Gasteiger partial charge in [0, 0.05) is 11.8 Å². The van der Waals surface area contributed by atoms with Crippen molar-refractivity contribution in [1.29, 1.82) is 0 Å². The Hall–Kier alpha value is -2.60. The van der Waals surface area contributed by atoms with Gasteiger partial charge in [0.25, 0.3) is 0 Å². The van der Waals surface area contributed by atoms with Crippen LogP contribution in [0.2, 0.25) is 0 Å². The van der Waals surface area contributed by atoms with Crippen LogP contribution in [0.5, 0.6) is 11.5 Å². The van der Waals surface area contributed by atoms with Crippen LogP contribution < -0.4 is 20.1 Å². The number of benzene rings is 2. The topological polar surface area (TPSA) is 59.6 Å². The van der Waals surface area contributed by atoms with E-state index in [4.69, 9.17) is 9.47 Å². The minimum atomic E-state index is -0.246. The Balaban J connectivity index is 1.40. The van der Waals surface area contributed by atoms with Gasteiger partial charge in [-0.05, 0) is 42.8 Å². The van der Waals surface area contributed by atoms with Crippen LogP contribution in [0.25, 0.3) is 0 Å². The molecule has 1 heterocycles. The zero-order chi connectivity index (χ0) is 16.1. The highest BCUT2D eigenvalue weighted by Crippen LogP contribution is 2.34. The minimum Gasteiger partial charge on any atom is -0.454 e. The van der Waals surface area contributed by atoms with E-state index in [9.17, 15) is 9.18 Å². The fourth-order valence-corrected chi connectivity index (χ4v) is 2.27. The Kier molecular flexibility index (Phi) is 4.73. The molecular weight excluding hydrogens is 299 g/mol. The summed E-state index contributed by atoms with van der Waals surface area (Å²) in [5.74, 6) is 0.931. The molecule has 5 nitrogen and oxygen atoms in total. The second-order valence-corrected chi connectivity index (χ2v) is 5.17. The number of ether oxygens (including phenoxy) is 2. The molecule has 0 fully saturated rings. The SMILES string of the molecule is O=C(CNCCc1ccc(F)cc1)Nc1ccc2c(c1)OCO2. The van der Waals surface area contributed by atoms with Gasteiger partial charge < -0.3 is 20.1 Å². The highest BCUT2D eigenvalue weighted by molar-refractivity contribution is 5.92. The normalized spacial score (nSPS) is 12.2. The summed E-state index contributed by atoms with van der Waals surface area (Å²) in [5, 5.41) is 5.85. The quantitative estimate of drug-likeness (QED) is 0.803. The number of anilines is 1. The molecule has 0 saturated carbocycles. The van der Waals surface area contributed by atoms with E-state index in [0.29, 0.717) is 23.7 Å². The third-order valence-corrected chi connectivity index (χ3v) is 3.45. The molecule has 0 bridgehead atoms. The van der Waals surface area contributed by atoms with Gasteiger partial charge in [0.05, 0.1) is 6.54 Å². The van der Waals surface area contributed by atoms with Gasteiger partial charge in [-0.3, -0.25) is 4.79 Å². The van der Waals surface area contributed by atoms with Crippen LogP contribution in [0.3, 0.4) is 0 Å². The smallest absolute Gasteiger partial charge is 0.238 e. The standard InChI is InChI=1S/C17H17FN2O3/c18-13-3-1-12(2-4-13)7-8-19-10-17(21)20-14-5-6-15-16(9-14)23-11-22-15/h1-6,9,19H,7-8,10-11H2,(H,20,21). The van der Waals surface area contributed by atoms with Crippen LogP contribution in [-0.4, -0.2) is 25.8 Å². The molecule has 23 heavy (non-hydrogen) atoms. The summed E-state index contributed by atoms with van der Waals surface area (Å²) in [7, 11) is 0. The molecule has 1 aliphatic rings. The van der Waals surface area contributed by atoms with Crippen LogP contribution >= 0.6 is 0 Å². The largest absolute Gasteiger partial charge is 0.454 e. The molecule has 0 unspecified atom stereocenters. The first kappa shape index (κ1) is 15.3. The van der Waals surface area contributed by atoms with Crippen LogP contribution in [0.15, 0.2) is 42.5 Å². The summed E-state index contributed by atoms with van der Waals surface area (Å²) in [6, 6.07) is 11.6. The molecule has 120 valence electrons. The molecule has 0 aliphatic carbocycles. The zero-order valence-electron chi connectivity index (χ0n) is 12.5. The van der Waals surface area contributed by atoms with Crippen molar-refractivity contribution >= 4 is 11.6 Å². The lowest BCUT2D eigenvalue weighted by atomic mass is 10.1. The van der Waals surface area contributed by atoms with Gasteiger partial charge >= 0.3 is 0 Å². The summed E-state index contributed by atoms with van der Waals surface area (Å²) in [4.78, 5) is 11.9. The van der Waals surface area contributed by atoms with Gasteiger partial charge in [-0.25, -0.2) is 4.39 Å². The van der Waals surface area contributed by atoms with Crippen molar-refractivity contribution in [2.24, 2.45) is 0 Å². The van der Waals surface area contributed by atoms with Crippen molar-refractivity contribution in [1.82, 2.24) is 5.32 Å². The number of nitrogens with one attached hydrogen (secondary N) is 2. The second-order valence-electron chi connectivity index (χ2n) is 5.17. The monoisotopic (exact) mass is 316 g/mol. The fraction of sp³-hybridized carbons (Fsp3) is 0.235. The Bertz CT molecular complexity index is 689. The Morgan fingerprint density at radius 3 is 2.70 bits per heavy atom. The number of hydrogen-bond donors (Lipinski definition) is 2. The number of halogens is 1. The van der Waals surface area contributed by atoms with E-state index in [-0.39, 0.29) is 25.1 Å². The second kappa shape index (κ2) is 7.11. The summed E-state index contributed by atoms with van der Waals surface area (Å²) >= 11 is 0. The molecule has 0 aromatic heterocycles. The van der Waals surface area contributed by atoms with Crippen molar-refractivity contribution in [2.45, 2.75) is 6.42 Å². The maximum Gasteiger partial charge on any atom is 0.238 e. The number of rotatable bonds is 6. The van der Waals surface area contributed by atoms with Gasteiger partial charge in [-0.1, -0.05) is 12.1 Å². The van der Waals surface area contributed by atoms with Crippen molar-refractivity contribution in [3.63, 3.8) is 0 Å². The zero-order valence-corrected chi connectivity index (χ0v) is 12.5. The number of carbonyl (C=O) groups excluding carboxylic acids is 1. The molecule has 1 amide bonds. The fourth-order valence-electron chi connectivity index (χ4n) is 2.27. The molecule has 0 saturated heterocycles. The van der Waals surface area contributed by atoms with Crippen molar-refractivity contribution in [3.8, 4) is 11.5 Å². The molecule has 0 atom stereocenters. The first-order chi connectivity index (χ1) is 11.2. The lowest BCUT2D eigenvalue weighted by Gasteiger charge is -2.07.